The van der Waals surface area contributed by atoms with Gasteiger partial charge in [-0.3, -0.25) is 0 Å². The van der Waals surface area contributed by atoms with Crippen LogP contribution >= 0.6 is 0 Å². The van der Waals surface area contributed by atoms with Gasteiger partial charge < -0.3 is 53.6 Å². The summed E-state index contributed by atoms with van der Waals surface area (Å²) in [4.78, 5) is 11.9. The third kappa shape index (κ3) is 6.86. The van der Waals surface area contributed by atoms with Crippen LogP contribution in [0.1, 0.15) is 118 Å². The molecule has 0 radical (unpaired) electrons. The third-order valence-corrected chi connectivity index (χ3v) is 15.8. The zero-order valence-electron chi connectivity index (χ0n) is 32.3. The Hall–Kier alpha value is -1.19. The van der Waals surface area contributed by atoms with Crippen molar-refractivity contribution >= 4 is 5.97 Å². The lowest BCUT2D eigenvalue weighted by Crippen LogP contribution is -2.62. The molecule has 8 aliphatic rings. The number of hydrogen-bond donors (Lipinski definition) is 4. The van der Waals surface area contributed by atoms with Crippen molar-refractivity contribution in [3.63, 3.8) is 0 Å². The Kier molecular flexibility index (Phi) is 10.7. The monoisotopic (exact) mass is 748 g/mol. The Morgan fingerprint density at radius 2 is 1.34 bits per heavy atom. The predicted octanol–water partition coefficient (Wildman–Crippen LogP) is 4.28. The van der Waals surface area contributed by atoms with Gasteiger partial charge in [-0.1, -0.05) is 13.8 Å². The molecule has 0 aromatic carbocycles. The summed E-state index contributed by atoms with van der Waals surface area (Å²) in [5, 5.41) is 44.8. The zero-order chi connectivity index (χ0) is 37.4. The highest BCUT2D eigenvalue weighted by Crippen LogP contribution is 2.70. The molecule has 0 amide bonds. The lowest BCUT2D eigenvalue weighted by atomic mass is 9.43. The molecule has 19 atom stereocenters. The van der Waals surface area contributed by atoms with Crippen LogP contribution in [0, 0.1) is 34.5 Å². The molecule has 0 aromatic heterocycles. The van der Waals surface area contributed by atoms with E-state index >= 15 is 0 Å². The van der Waals surface area contributed by atoms with Crippen LogP contribution in [-0.2, 0) is 38.0 Å². The molecule has 0 aromatic rings. The number of fused-ring (bicyclic) bond motifs is 5. The van der Waals surface area contributed by atoms with E-state index in [2.05, 4.69) is 13.8 Å². The lowest BCUT2D eigenvalue weighted by Gasteiger charge is -2.64. The Bertz CT molecular complexity index is 1350. The summed E-state index contributed by atoms with van der Waals surface area (Å²) in [6, 6.07) is 0. The quantitative estimate of drug-likeness (QED) is 0.217. The van der Waals surface area contributed by atoms with Crippen molar-refractivity contribution in [2.75, 3.05) is 6.61 Å². The molecule has 8 rings (SSSR count). The van der Waals surface area contributed by atoms with E-state index in [9.17, 15) is 25.2 Å². The maximum atomic E-state index is 12.6. The number of carbonyl (C=O) groups is 1. The Morgan fingerprint density at radius 1 is 0.679 bits per heavy atom. The second-order valence-electron chi connectivity index (χ2n) is 18.6. The van der Waals surface area contributed by atoms with Crippen LogP contribution in [0.25, 0.3) is 0 Å². The number of aliphatic hydroxyl groups is 4. The van der Waals surface area contributed by atoms with Crippen LogP contribution in [0.3, 0.4) is 0 Å². The van der Waals surface area contributed by atoms with Gasteiger partial charge in [-0.25, -0.2) is 4.79 Å². The second-order valence-corrected chi connectivity index (χ2v) is 18.6. The fourth-order valence-electron chi connectivity index (χ4n) is 12.7. The molecule has 4 N–H and O–H groups in total. The lowest BCUT2D eigenvalue weighted by molar-refractivity contribution is -0.333. The van der Waals surface area contributed by atoms with E-state index in [1.165, 1.54) is 0 Å². The molecule has 4 aliphatic heterocycles. The van der Waals surface area contributed by atoms with Gasteiger partial charge in [0.05, 0.1) is 48.3 Å². The summed E-state index contributed by atoms with van der Waals surface area (Å²) < 4.78 is 42.5. The highest BCUT2D eigenvalue weighted by atomic mass is 16.7. The Balaban J connectivity index is 0.828. The van der Waals surface area contributed by atoms with E-state index in [-0.39, 0.29) is 53.7 Å². The van der Waals surface area contributed by atoms with Crippen molar-refractivity contribution in [1.29, 1.82) is 0 Å². The first-order chi connectivity index (χ1) is 25.2. The maximum Gasteiger partial charge on any atom is 0.331 e. The summed E-state index contributed by atoms with van der Waals surface area (Å²) in [6.07, 6.45) is 5.64. The molecule has 7 fully saturated rings. The van der Waals surface area contributed by atoms with Crippen molar-refractivity contribution < 1.29 is 58.4 Å². The number of cyclic esters (lactones) is 1. The molecule has 2 unspecified atom stereocenters. The summed E-state index contributed by atoms with van der Waals surface area (Å²) in [5.74, 6) is 1.18. The van der Waals surface area contributed by atoms with E-state index in [0.717, 1.165) is 63.4 Å². The highest BCUT2D eigenvalue weighted by Gasteiger charge is 2.67. The molecule has 12 heteroatoms. The zero-order valence-corrected chi connectivity index (χ0v) is 32.3. The van der Waals surface area contributed by atoms with Gasteiger partial charge in [0.2, 0.25) is 0 Å². The third-order valence-electron chi connectivity index (χ3n) is 15.8. The largest absolute Gasteiger partial charge is 0.458 e. The first kappa shape index (κ1) is 38.7. The normalized spacial score (nSPS) is 54.4. The number of ether oxygens (including phenoxy) is 7. The number of rotatable bonds is 7. The average Bonchev–Trinajstić information content (AvgIpc) is 3.65. The minimum Gasteiger partial charge on any atom is -0.458 e. The van der Waals surface area contributed by atoms with Gasteiger partial charge >= 0.3 is 5.97 Å². The smallest absolute Gasteiger partial charge is 0.331 e. The first-order valence-electron chi connectivity index (χ1n) is 20.7. The van der Waals surface area contributed by atoms with Gasteiger partial charge in [-0.15, -0.1) is 0 Å². The van der Waals surface area contributed by atoms with Crippen molar-refractivity contribution in [2.45, 2.75) is 197 Å². The molecular weight excluding hydrogens is 684 g/mol. The van der Waals surface area contributed by atoms with Crippen LogP contribution in [0.2, 0.25) is 0 Å². The van der Waals surface area contributed by atoms with Gasteiger partial charge in [0.1, 0.15) is 18.8 Å². The van der Waals surface area contributed by atoms with Crippen LogP contribution in [-0.4, -0.2) is 112 Å². The molecule has 3 saturated heterocycles. The minimum absolute atomic E-state index is 0.0418. The Labute approximate surface area is 314 Å². The van der Waals surface area contributed by atoms with E-state index < -0.39 is 67.2 Å². The summed E-state index contributed by atoms with van der Waals surface area (Å²) >= 11 is 0. The summed E-state index contributed by atoms with van der Waals surface area (Å²) in [6.45, 7) is 10.6. The van der Waals surface area contributed by atoms with Gasteiger partial charge in [0, 0.05) is 30.8 Å². The van der Waals surface area contributed by atoms with Gasteiger partial charge in [-0.05, 0) is 120 Å². The fraction of sp³-hybridized carbons (Fsp3) is 0.927. The van der Waals surface area contributed by atoms with Crippen LogP contribution < -0.4 is 0 Å². The predicted molar refractivity (Wildman–Crippen MR) is 190 cm³/mol. The van der Waals surface area contributed by atoms with Gasteiger partial charge in [0.15, 0.2) is 18.9 Å². The Morgan fingerprint density at radius 3 is 1.98 bits per heavy atom. The topological polar surface area (TPSA) is 163 Å². The standard InChI is InChI=1S/C41H64O12/c1-21-30(42)8-9-34(48-21)52-37-22(2)50-36(19-32(37)44)53-38-23(3)49-35(18-31(38)43)51-26-10-13-39(4)25(17-26)6-7-29-28(39)11-14-40(5)27(12-15-41(29,40)46)24-16-33(45)47-20-24/h16,21-23,25-32,34-38,42-44,46H,6-15,17-20H2,1-5H3/t21-,22+,23+,25+,26-,27+,28?,29?,30+,31-,32-,34+,35-,36-,37+,38+,39-,40+,41-/m0/s1. The molecule has 0 bridgehead atoms. The van der Waals surface area contributed by atoms with Gasteiger partial charge in [-0.2, -0.15) is 0 Å². The molecule has 4 saturated carbocycles. The van der Waals surface area contributed by atoms with Crippen molar-refractivity contribution in [1.82, 2.24) is 0 Å². The number of hydrogen-bond acceptors (Lipinski definition) is 12. The number of carbonyl (C=O) groups excluding carboxylic acids is 1. The summed E-state index contributed by atoms with van der Waals surface area (Å²) in [7, 11) is 0. The second kappa shape index (κ2) is 14.6. The maximum absolute atomic E-state index is 12.6. The fourth-order valence-corrected chi connectivity index (χ4v) is 12.7. The molecule has 0 spiro atoms. The molecular formula is C41H64O12. The van der Waals surface area contributed by atoms with Crippen LogP contribution in [0.4, 0.5) is 0 Å². The highest BCUT2D eigenvalue weighted by molar-refractivity contribution is 5.85. The van der Waals surface area contributed by atoms with E-state index in [1.807, 2.05) is 20.8 Å². The van der Waals surface area contributed by atoms with Crippen molar-refractivity contribution in [2.24, 2.45) is 34.5 Å². The molecule has 300 valence electrons. The van der Waals surface area contributed by atoms with Crippen molar-refractivity contribution in [3.05, 3.63) is 11.6 Å². The van der Waals surface area contributed by atoms with Crippen LogP contribution in [0.15, 0.2) is 11.6 Å². The SMILES string of the molecule is C[C@@H]1O[C@H](O[C@H]2[C@@H](O)C[C@H](O[C@H]3[C@@H](O)C[C@H](O[C@H]4CC[C@]5(C)C6CC[C@]7(C)[C@@H](C8=CC(=O)OC8)CC[C@]7(O)C6CC[C@@H]5C4)O[C@@H]3C)O[C@@H]2C)CC[C@H]1O. The molecule has 4 aliphatic carbocycles. The molecule has 12 nitrogen and oxygen atoms in total. The average molecular weight is 749 g/mol. The number of aliphatic hydroxyl groups excluding tert-OH is 3. The van der Waals surface area contributed by atoms with Crippen molar-refractivity contribution in [3.8, 4) is 0 Å². The number of esters is 1. The van der Waals surface area contributed by atoms with E-state index in [4.69, 9.17) is 33.2 Å². The van der Waals surface area contributed by atoms with E-state index in [1.54, 1.807) is 6.08 Å². The molecule has 53 heavy (non-hydrogen) atoms. The van der Waals surface area contributed by atoms with E-state index in [0.29, 0.717) is 31.3 Å². The van der Waals surface area contributed by atoms with Crippen LogP contribution in [0.5, 0.6) is 0 Å². The minimum atomic E-state index is -0.845. The first-order valence-corrected chi connectivity index (χ1v) is 20.7. The molecule has 4 heterocycles. The summed E-state index contributed by atoms with van der Waals surface area (Å²) in [5.41, 5.74) is 0.253. The van der Waals surface area contributed by atoms with Gasteiger partial charge in [0.25, 0.3) is 0 Å².